The van der Waals surface area contributed by atoms with E-state index in [1.807, 2.05) is 0 Å². The van der Waals surface area contributed by atoms with Gasteiger partial charge in [0.25, 0.3) is 5.79 Å². The number of aliphatic carboxylic acids is 1. The maximum atomic E-state index is 12.6. The summed E-state index contributed by atoms with van der Waals surface area (Å²) in [4.78, 5) is 59.8. The number of rotatable bonds is 27. The Balaban J connectivity index is 2.17. The average molecular weight is 889 g/mol. The smallest absolute Gasteiger partial charge is 0.364 e. The van der Waals surface area contributed by atoms with Crippen molar-refractivity contribution in [3.05, 3.63) is 0 Å². The van der Waals surface area contributed by atoms with Crippen molar-refractivity contribution in [3.63, 3.8) is 0 Å². The van der Waals surface area contributed by atoms with Crippen molar-refractivity contribution < 1.29 is 103 Å². The first-order chi connectivity index (χ1) is 28.7. The molecule has 0 saturated carbocycles. The molecule has 25 nitrogen and oxygen atoms in total. The first kappa shape index (κ1) is 53.9. The summed E-state index contributed by atoms with van der Waals surface area (Å²) in [6.45, 7) is 0.193. The molecule has 0 aliphatic carbocycles. The molecule has 2 saturated heterocycles. The lowest BCUT2D eigenvalue weighted by atomic mass is 9.88. The van der Waals surface area contributed by atoms with Crippen LogP contribution in [0.1, 0.15) is 59.3 Å². The zero-order valence-corrected chi connectivity index (χ0v) is 34.5. The van der Waals surface area contributed by atoms with Crippen LogP contribution in [0, 0.1) is 0 Å². The molecule has 354 valence electrons. The SMILES string of the molecule is CNC(=O)CCCCC(=O)NCCCO[C@H](OC(CO)[C@H](CO)O[C@@H]1OC(CO[C@]2(C(=O)O)C[C@@H](O)[C@@H](NC(C)=O)C(C(O)C(O)CO)O2)[C@H](O)C(O)[C@@H]1O)[C@H](C)NC(C)=O. The number of ether oxygens (including phenoxy) is 6. The lowest BCUT2D eigenvalue weighted by molar-refractivity contribution is -0.348. The second kappa shape index (κ2) is 26.4. The van der Waals surface area contributed by atoms with E-state index < -0.39 is 142 Å². The third-order valence-corrected chi connectivity index (χ3v) is 9.83. The number of carbonyl (C=O) groups is 5. The third-order valence-electron chi connectivity index (χ3n) is 9.83. The molecule has 0 aromatic heterocycles. The fourth-order valence-corrected chi connectivity index (χ4v) is 6.48. The number of unbranched alkanes of at least 4 members (excludes halogenated alkanes) is 1. The Kier molecular flexibility index (Phi) is 23.3. The summed E-state index contributed by atoms with van der Waals surface area (Å²) < 4.78 is 34.1. The molecule has 61 heavy (non-hydrogen) atoms. The highest BCUT2D eigenvalue weighted by molar-refractivity contribution is 5.77. The van der Waals surface area contributed by atoms with Crippen LogP contribution < -0.4 is 21.3 Å². The number of nitrogens with one attached hydrogen (secondary N) is 4. The van der Waals surface area contributed by atoms with Crippen molar-refractivity contribution in [2.75, 3.05) is 46.6 Å². The lowest BCUT2D eigenvalue weighted by Gasteiger charge is -2.47. The van der Waals surface area contributed by atoms with Crippen molar-refractivity contribution in [2.24, 2.45) is 0 Å². The summed E-state index contributed by atoms with van der Waals surface area (Å²) in [5, 5.41) is 114. The predicted octanol–water partition coefficient (Wildman–Crippen LogP) is -6.60. The lowest BCUT2D eigenvalue weighted by Crippen LogP contribution is -2.68. The Bertz CT molecular complexity index is 1380. The number of hydrogen-bond acceptors (Lipinski definition) is 20. The van der Waals surface area contributed by atoms with Crippen molar-refractivity contribution in [1.29, 1.82) is 0 Å². The number of carboxylic acid groups (broad SMARTS) is 1. The molecule has 0 bridgehead atoms. The summed E-state index contributed by atoms with van der Waals surface area (Å²) in [5.74, 6) is -6.30. The maximum Gasteiger partial charge on any atom is 0.364 e. The molecule has 2 aliphatic rings. The number of carboxylic acids is 1. The van der Waals surface area contributed by atoms with Gasteiger partial charge in [-0.2, -0.15) is 0 Å². The third kappa shape index (κ3) is 16.4. The minimum Gasteiger partial charge on any atom is -0.477 e. The van der Waals surface area contributed by atoms with Gasteiger partial charge in [0.1, 0.15) is 54.9 Å². The van der Waals surface area contributed by atoms with Gasteiger partial charge in [-0.3, -0.25) is 19.2 Å². The molecule has 6 unspecified atom stereocenters. The van der Waals surface area contributed by atoms with Gasteiger partial charge in [-0.25, -0.2) is 4.79 Å². The van der Waals surface area contributed by atoms with Gasteiger partial charge in [0.2, 0.25) is 23.6 Å². The van der Waals surface area contributed by atoms with E-state index in [1.54, 1.807) is 0 Å². The van der Waals surface area contributed by atoms with E-state index in [0.29, 0.717) is 19.3 Å². The van der Waals surface area contributed by atoms with Crippen LogP contribution in [0.15, 0.2) is 0 Å². The molecule has 4 amide bonds. The molecule has 15 atom stereocenters. The zero-order valence-electron chi connectivity index (χ0n) is 34.5. The van der Waals surface area contributed by atoms with E-state index in [9.17, 15) is 75.0 Å². The summed E-state index contributed by atoms with van der Waals surface area (Å²) in [7, 11) is 1.52. The molecule has 2 heterocycles. The maximum absolute atomic E-state index is 12.6. The minimum atomic E-state index is -2.86. The average Bonchev–Trinajstić information content (AvgIpc) is 3.21. The molecule has 0 aromatic carbocycles. The summed E-state index contributed by atoms with van der Waals surface area (Å²) in [6, 6.07) is -2.37. The second-order valence-corrected chi connectivity index (χ2v) is 14.7. The van der Waals surface area contributed by atoms with Gasteiger partial charge in [-0.1, -0.05) is 0 Å². The van der Waals surface area contributed by atoms with Gasteiger partial charge < -0.3 is 101 Å². The molecule has 0 radical (unpaired) electrons. The van der Waals surface area contributed by atoms with Crippen molar-refractivity contribution in [3.8, 4) is 0 Å². The van der Waals surface area contributed by atoms with Crippen LogP contribution in [-0.2, 0) is 52.4 Å². The Hall–Kier alpha value is -3.25. The largest absolute Gasteiger partial charge is 0.477 e. The quantitative estimate of drug-likeness (QED) is 0.0269. The van der Waals surface area contributed by atoms with Crippen LogP contribution in [0.5, 0.6) is 0 Å². The number of amides is 4. The molecule has 14 N–H and O–H groups in total. The summed E-state index contributed by atoms with van der Waals surface area (Å²) >= 11 is 0. The molecule has 2 rings (SSSR count). The van der Waals surface area contributed by atoms with Gasteiger partial charge in [0.05, 0.1) is 51.2 Å². The van der Waals surface area contributed by atoms with Crippen LogP contribution >= 0.6 is 0 Å². The zero-order chi connectivity index (χ0) is 46.0. The van der Waals surface area contributed by atoms with E-state index in [1.165, 1.54) is 20.9 Å². The standard InChI is InChI=1S/C36H64N4O21/c1-17(39-18(2)44)33(56-11-7-10-38-26(49)9-6-5-8-25(48)37-4)58-22(14-42)23(15-43)59-34-31(53)30(52)29(51)24(60-34)16-57-36(35(54)55)12-20(46)27(40-19(3)45)32(61-36)28(50)21(47)13-41/h17,20-24,27-34,41-43,46-47,50-53H,5-16H2,1-4H3,(H,37,48)(H,38,49)(H,39,44)(H,40,45)(H,54,55)/t17-,20+,21?,22?,23-,24?,27+,28?,29-,30?,31-,32?,33+,34+,36+/m0/s1. The van der Waals surface area contributed by atoms with Gasteiger partial charge in [-0.05, 0) is 26.2 Å². The molecule has 2 aliphatic heterocycles. The monoisotopic (exact) mass is 888 g/mol. The van der Waals surface area contributed by atoms with Crippen LogP contribution in [0.25, 0.3) is 0 Å². The van der Waals surface area contributed by atoms with Crippen molar-refractivity contribution in [2.45, 2.75) is 151 Å². The molecule has 0 aromatic rings. The van der Waals surface area contributed by atoms with Gasteiger partial charge in [0, 0.05) is 46.7 Å². The van der Waals surface area contributed by atoms with E-state index >= 15 is 0 Å². The van der Waals surface area contributed by atoms with Gasteiger partial charge in [-0.15, -0.1) is 0 Å². The van der Waals surface area contributed by atoms with E-state index in [2.05, 4.69) is 21.3 Å². The number of hydrogen-bond donors (Lipinski definition) is 14. The first-order valence-corrected chi connectivity index (χ1v) is 19.8. The highest BCUT2D eigenvalue weighted by Gasteiger charge is 2.57. The second-order valence-electron chi connectivity index (χ2n) is 14.7. The minimum absolute atomic E-state index is 0.0290. The van der Waals surface area contributed by atoms with Crippen molar-refractivity contribution >= 4 is 29.6 Å². The Morgan fingerprint density at radius 2 is 1.49 bits per heavy atom. The topological polar surface area (TPSA) is 391 Å². The van der Waals surface area contributed by atoms with Gasteiger partial charge in [0.15, 0.2) is 12.6 Å². The highest BCUT2D eigenvalue weighted by atomic mass is 16.8. The molecule has 0 spiro atoms. The van der Waals surface area contributed by atoms with Crippen molar-refractivity contribution in [1.82, 2.24) is 21.3 Å². The summed E-state index contributed by atoms with van der Waals surface area (Å²) in [6.07, 6.45) is -20.9. The predicted molar refractivity (Wildman–Crippen MR) is 202 cm³/mol. The number of aliphatic hydroxyl groups excluding tert-OH is 9. The van der Waals surface area contributed by atoms with Crippen LogP contribution in [0.3, 0.4) is 0 Å². The summed E-state index contributed by atoms with van der Waals surface area (Å²) in [5.41, 5.74) is 0. The van der Waals surface area contributed by atoms with Gasteiger partial charge >= 0.3 is 5.97 Å². The van der Waals surface area contributed by atoms with Crippen LogP contribution in [0.2, 0.25) is 0 Å². The van der Waals surface area contributed by atoms with Crippen LogP contribution in [0.4, 0.5) is 0 Å². The van der Waals surface area contributed by atoms with Crippen LogP contribution in [-0.4, -0.2) is 219 Å². The van der Waals surface area contributed by atoms with E-state index in [4.69, 9.17) is 28.4 Å². The molecular weight excluding hydrogens is 824 g/mol. The molecule has 2 fully saturated rings. The van der Waals surface area contributed by atoms with E-state index in [0.717, 1.165) is 6.92 Å². The Morgan fingerprint density at radius 3 is 2.05 bits per heavy atom. The Morgan fingerprint density at radius 1 is 0.852 bits per heavy atom. The first-order valence-electron chi connectivity index (χ1n) is 19.8. The Labute approximate surface area is 351 Å². The fourth-order valence-electron chi connectivity index (χ4n) is 6.48. The number of aliphatic hydroxyl groups is 9. The molecular formula is C36H64N4O21. The number of carbonyl (C=O) groups excluding carboxylic acids is 4. The normalized spacial score (nSPS) is 29.6. The highest BCUT2D eigenvalue weighted by Crippen LogP contribution is 2.35. The van der Waals surface area contributed by atoms with E-state index in [-0.39, 0.29) is 37.8 Å². The fraction of sp³-hybridized carbons (Fsp3) is 0.861. The molecule has 25 heteroatoms.